The highest BCUT2D eigenvalue weighted by molar-refractivity contribution is 7.99. The molecule has 4 rings (SSSR count). The SMILES string of the molecule is Cc1cc(CN2CCSCC2)ccc1NC(=O)c1ccc(OC[C@H]2CCCO2)cc1. The summed E-state index contributed by atoms with van der Waals surface area (Å²) < 4.78 is 11.3. The number of aryl methyl sites for hydroxylation is 1. The van der Waals surface area contributed by atoms with Crippen LogP contribution in [0.3, 0.4) is 0 Å². The lowest BCUT2D eigenvalue weighted by atomic mass is 10.1. The van der Waals surface area contributed by atoms with Crippen molar-refractivity contribution >= 4 is 23.4 Å². The first-order chi connectivity index (χ1) is 14.7. The third-order valence-corrected chi connectivity index (χ3v) is 6.57. The first kappa shape index (κ1) is 21.2. The van der Waals surface area contributed by atoms with Gasteiger partial charge in [-0.05, 0) is 61.2 Å². The van der Waals surface area contributed by atoms with Crippen molar-refractivity contribution in [2.75, 3.05) is 43.1 Å². The Labute approximate surface area is 183 Å². The molecule has 1 amide bonds. The molecule has 2 fully saturated rings. The van der Waals surface area contributed by atoms with Gasteiger partial charge in [0.25, 0.3) is 5.91 Å². The van der Waals surface area contributed by atoms with Crippen LogP contribution in [0.1, 0.15) is 34.3 Å². The number of nitrogens with one attached hydrogen (secondary N) is 1. The van der Waals surface area contributed by atoms with Crippen LogP contribution in [0.25, 0.3) is 0 Å². The summed E-state index contributed by atoms with van der Waals surface area (Å²) in [6.07, 6.45) is 2.34. The lowest BCUT2D eigenvalue weighted by Gasteiger charge is -2.26. The van der Waals surface area contributed by atoms with Crippen molar-refractivity contribution in [3.63, 3.8) is 0 Å². The quantitative estimate of drug-likeness (QED) is 0.713. The fourth-order valence-corrected chi connectivity index (χ4v) is 4.82. The first-order valence-electron chi connectivity index (χ1n) is 10.7. The van der Waals surface area contributed by atoms with Crippen LogP contribution in [-0.4, -0.2) is 54.7 Å². The Hall–Kier alpha value is -2.02. The van der Waals surface area contributed by atoms with Crippen LogP contribution in [0.5, 0.6) is 5.75 Å². The van der Waals surface area contributed by atoms with Gasteiger partial charge in [0, 0.05) is 49.0 Å². The summed E-state index contributed by atoms with van der Waals surface area (Å²) in [5, 5.41) is 3.04. The van der Waals surface area contributed by atoms with E-state index in [0.717, 1.165) is 56.1 Å². The molecule has 5 nitrogen and oxygen atoms in total. The average Bonchev–Trinajstić information content (AvgIpc) is 3.29. The normalized spacial score (nSPS) is 19.6. The topological polar surface area (TPSA) is 50.8 Å². The van der Waals surface area contributed by atoms with Crippen LogP contribution in [0.15, 0.2) is 42.5 Å². The van der Waals surface area contributed by atoms with Gasteiger partial charge in [0.2, 0.25) is 0 Å². The monoisotopic (exact) mass is 426 g/mol. The fraction of sp³-hybridized carbons (Fsp3) is 0.458. The van der Waals surface area contributed by atoms with Gasteiger partial charge in [0.05, 0.1) is 6.10 Å². The maximum absolute atomic E-state index is 12.7. The molecule has 1 atom stereocenters. The summed E-state index contributed by atoms with van der Waals surface area (Å²) in [5.41, 5.74) is 3.86. The van der Waals surface area contributed by atoms with E-state index in [0.29, 0.717) is 12.2 Å². The van der Waals surface area contributed by atoms with Crippen molar-refractivity contribution in [1.82, 2.24) is 4.90 Å². The summed E-state index contributed by atoms with van der Waals surface area (Å²) >= 11 is 2.03. The zero-order valence-corrected chi connectivity index (χ0v) is 18.4. The Kier molecular flexibility index (Phi) is 7.31. The van der Waals surface area contributed by atoms with E-state index in [4.69, 9.17) is 9.47 Å². The molecule has 0 bridgehead atoms. The number of carbonyl (C=O) groups excluding carboxylic acids is 1. The largest absolute Gasteiger partial charge is 0.491 e. The molecule has 0 unspecified atom stereocenters. The standard InChI is InChI=1S/C24H30N2O3S/c1-18-15-19(16-26-10-13-30-14-11-26)4-9-23(18)25-24(27)20-5-7-21(8-6-20)29-17-22-3-2-12-28-22/h4-9,15,22H,2-3,10-14,16-17H2,1H3,(H,25,27)/t22-/m1/s1. The van der Waals surface area contributed by atoms with Crippen LogP contribution < -0.4 is 10.1 Å². The van der Waals surface area contributed by atoms with E-state index >= 15 is 0 Å². The third-order valence-electron chi connectivity index (χ3n) is 5.63. The highest BCUT2D eigenvalue weighted by Crippen LogP contribution is 2.21. The lowest BCUT2D eigenvalue weighted by molar-refractivity contribution is 0.0679. The maximum atomic E-state index is 12.7. The molecule has 160 valence electrons. The second kappa shape index (κ2) is 10.3. The van der Waals surface area contributed by atoms with Crippen molar-refractivity contribution in [1.29, 1.82) is 0 Å². The predicted molar refractivity (Wildman–Crippen MR) is 123 cm³/mol. The number of rotatable bonds is 7. The minimum atomic E-state index is -0.107. The Balaban J connectivity index is 1.31. The molecular formula is C24H30N2O3S. The third kappa shape index (κ3) is 5.78. The Bertz CT molecular complexity index is 844. The van der Waals surface area contributed by atoms with Crippen molar-refractivity contribution in [2.45, 2.75) is 32.4 Å². The summed E-state index contributed by atoms with van der Waals surface area (Å²) in [7, 11) is 0. The maximum Gasteiger partial charge on any atom is 0.255 e. The van der Waals surface area contributed by atoms with E-state index < -0.39 is 0 Å². The summed E-state index contributed by atoms with van der Waals surface area (Å²) in [4.78, 5) is 15.2. The molecule has 0 spiro atoms. The van der Waals surface area contributed by atoms with Gasteiger partial charge in [-0.1, -0.05) is 12.1 Å². The molecule has 2 aliphatic rings. The van der Waals surface area contributed by atoms with E-state index in [9.17, 15) is 4.79 Å². The molecule has 0 radical (unpaired) electrons. The molecule has 0 aliphatic carbocycles. The molecule has 2 aromatic carbocycles. The van der Waals surface area contributed by atoms with Gasteiger partial charge in [0.15, 0.2) is 0 Å². The second-order valence-electron chi connectivity index (χ2n) is 7.96. The molecule has 6 heteroatoms. The van der Waals surface area contributed by atoms with Crippen LogP contribution >= 0.6 is 11.8 Å². The van der Waals surface area contributed by atoms with Gasteiger partial charge in [0.1, 0.15) is 12.4 Å². The molecule has 2 aromatic rings. The Morgan fingerprint density at radius 3 is 2.70 bits per heavy atom. The number of anilines is 1. The summed E-state index contributed by atoms with van der Waals surface area (Å²) in [5.74, 6) is 3.08. The summed E-state index contributed by atoms with van der Waals surface area (Å²) in [6.45, 7) is 6.71. The first-order valence-corrected chi connectivity index (χ1v) is 11.9. The van der Waals surface area contributed by atoms with E-state index in [-0.39, 0.29) is 12.0 Å². The van der Waals surface area contributed by atoms with Crippen molar-refractivity contribution in [3.05, 3.63) is 59.2 Å². The zero-order valence-electron chi connectivity index (χ0n) is 17.6. The molecule has 0 saturated carbocycles. The van der Waals surface area contributed by atoms with Gasteiger partial charge >= 0.3 is 0 Å². The number of nitrogens with zero attached hydrogens (tertiary/aromatic N) is 1. The fourth-order valence-electron chi connectivity index (χ4n) is 3.84. The second-order valence-corrected chi connectivity index (χ2v) is 9.19. The number of ether oxygens (including phenoxy) is 2. The summed E-state index contributed by atoms with van der Waals surface area (Å²) in [6, 6.07) is 13.6. The molecule has 1 N–H and O–H groups in total. The number of benzene rings is 2. The minimum absolute atomic E-state index is 0.107. The van der Waals surface area contributed by atoms with Crippen LogP contribution in [0.4, 0.5) is 5.69 Å². The van der Waals surface area contributed by atoms with Gasteiger partial charge in [-0.2, -0.15) is 11.8 Å². The number of hydrogen-bond donors (Lipinski definition) is 1. The number of hydrogen-bond acceptors (Lipinski definition) is 5. The predicted octanol–water partition coefficient (Wildman–Crippen LogP) is 4.35. The lowest BCUT2D eigenvalue weighted by Crippen LogP contribution is -2.31. The van der Waals surface area contributed by atoms with Crippen molar-refractivity contribution < 1.29 is 14.3 Å². The van der Waals surface area contributed by atoms with E-state index in [2.05, 4.69) is 22.3 Å². The molecule has 2 heterocycles. The minimum Gasteiger partial charge on any atom is -0.491 e. The zero-order chi connectivity index (χ0) is 20.8. The molecule has 2 saturated heterocycles. The van der Waals surface area contributed by atoms with Gasteiger partial charge in [-0.25, -0.2) is 0 Å². The van der Waals surface area contributed by atoms with Crippen molar-refractivity contribution in [2.24, 2.45) is 0 Å². The highest BCUT2D eigenvalue weighted by atomic mass is 32.2. The van der Waals surface area contributed by atoms with Crippen LogP contribution in [-0.2, 0) is 11.3 Å². The number of amides is 1. The van der Waals surface area contributed by atoms with Crippen molar-refractivity contribution in [3.8, 4) is 5.75 Å². The highest BCUT2D eigenvalue weighted by Gasteiger charge is 2.16. The average molecular weight is 427 g/mol. The Morgan fingerprint density at radius 1 is 1.20 bits per heavy atom. The van der Waals surface area contributed by atoms with E-state index in [1.165, 1.54) is 17.1 Å². The molecule has 30 heavy (non-hydrogen) atoms. The molecule has 0 aromatic heterocycles. The number of thioether (sulfide) groups is 1. The van der Waals surface area contributed by atoms with Gasteiger partial charge in [-0.3, -0.25) is 9.69 Å². The molecular weight excluding hydrogens is 396 g/mol. The van der Waals surface area contributed by atoms with Crippen LogP contribution in [0, 0.1) is 6.92 Å². The molecule has 2 aliphatic heterocycles. The Morgan fingerprint density at radius 2 is 2.00 bits per heavy atom. The number of carbonyl (C=O) groups is 1. The van der Waals surface area contributed by atoms with Crippen LogP contribution in [0.2, 0.25) is 0 Å². The van der Waals surface area contributed by atoms with Gasteiger partial charge in [-0.15, -0.1) is 0 Å². The smallest absolute Gasteiger partial charge is 0.255 e. The van der Waals surface area contributed by atoms with E-state index in [1.807, 2.05) is 36.9 Å². The van der Waals surface area contributed by atoms with E-state index in [1.54, 1.807) is 12.1 Å². The van der Waals surface area contributed by atoms with Gasteiger partial charge < -0.3 is 14.8 Å².